The van der Waals surface area contributed by atoms with Gasteiger partial charge in [-0.2, -0.15) is 0 Å². The van der Waals surface area contributed by atoms with E-state index in [0.29, 0.717) is 12.4 Å². The van der Waals surface area contributed by atoms with Crippen LogP contribution in [0.25, 0.3) is 6.08 Å². The minimum Gasteiger partial charge on any atom is -0.488 e. The molecule has 1 aliphatic heterocycles. The van der Waals surface area contributed by atoms with Crippen molar-refractivity contribution in [2.75, 3.05) is 13.7 Å². The van der Waals surface area contributed by atoms with Gasteiger partial charge in [-0.1, -0.05) is 18.7 Å². The van der Waals surface area contributed by atoms with E-state index in [1.165, 1.54) is 14.0 Å². The van der Waals surface area contributed by atoms with Gasteiger partial charge in [-0.3, -0.25) is 14.5 Å². The molecule has 1 aliphatic rings. The number of nitrogens with zero attached hydrogens (tertiary/aromatic N) is 1. The molecule has 6 nitrogen and oxygen atoms in total. The van der Waals surface area contributed by atoms with E-state index in [4.69, 9.17) is 4.74 Å². The van der Waals surface area contributed by atoms with Crippen molar-refractivity contribution in [1.82, 2.24) is 4.90 Å². The Hall–Kier alpha value is -1.81. The van der Waals surface area contributed by atoms with Crippen LogP contribution in [0.5, 0.6) is 5.75 Å². The van der Waals surface area contributed by atoms with Crippen LogP contribution in [0, 0.1) is 3.57 Å². The summed E-state index contributed by atoms with van der Waals surface area (Å²) in [6.45, 7) is 5.46. The molecular formula is C17H16INO5S. The fourth-order valence-electron chi connectivity index (χ4n) is 2.11. The number of thioether (sulfide) groups is 1. The Morgan fingerprint density at radius 3 is 2.76 bits per heavy atom. The number of carbonyl (C=O) groups excluding carboxylic acids is 3. The first-order chi connectivity index (χ1) is 11.9. The quantitative estimate of drug-likeness (QED) is 0.273. The van der Waals surface area contributed by atoms with Gasteiger partial charge in [-0.15, -0.1) is 0 Å². The van der Waals surface area contributed by atoms with Crippen molar-refractivity contribution >= 4 is 57.5 Å². The number of methoxy groups -OCH3 is 1. The van der Waals surface area contributed by atoms with Gasteiger partial charge < -0.3 is 9.47 Å². The number of hydrogen-bond donors (Lipinski definition) is 0. The van der Waals surface area contributed by atoms with E-state index in [2.05, 4.69) is 33.9 Å². The minimum absolute atomic E-state index is 0.260. The molecule has 1 heterocycles. The molecule has 0 aliphatic carbocycles. The molecule has 8 heteroatoms. The van der Waals surface area contributed by atoms with Gasteiger partial charge in [0.05, 0.1) is 15.6 Å². The second-order valence-corrected chi connectivity index (χ2v) is 7.20. The lowest BCUT2D eigenvalue weighted by Gasteiger charge is -2.18. The van der Waals surface area contributed by atoms with Crippen molar-refractivity contribution < 1.29 is 23.9 Å². The number of amides is 2. The second kappa shape index (κ2) is 8.52. The first-order valence-corrected chi connectivity index (χ1v) is 9.16. The van der Waals surface area contributed by atoms with Crippen LogP contribution in [-0.2, 0) is 14.3 Å². The average Bonchev–Trinajstić information content (AvgIpc) is 2.86. The number of carbonyl (C=O) groups is 3. The van der Waals surface area contributed by atoms with Crippen LogP contribution in [0.3, 0.4) is 0 Å². The fourth-order valence-corrected chi connectivity index (χ4v) is 3.72. The largest absolute Gasteiger partial charge is 0.488 e. The molecule has 25 heavy (non-hydrogen) atoms. The Labute approximate surface area is 163 Å². The molecule has 1 aromatic rings. The third kappa shape index (κ3) is 4.43. The molecule has 0 aromatic heterocycles. The van der Waals surface area contributed by atoms with Crippen LogP contribution < -0.4 is 4.74 Å². The van der Waals surface area contributed by atoms with Crippen LogP contribution >= 0.6 is 34.4 Å². The van der Waals surface area contributed by atoms with Crippen molar-refractivity contribution in [3.05, 3.63) is 44.9 Å². The van der Waals surface area contributed by atoms with Crippen molar-refractivity contribution in [2.45, 2.75) is 13.0 Å². The lowest BCUT2D eigenvalue weighted by molar-refractivity contribution is -0.148. The summed E-state index contributed by atoms with van der Waals surface area (Å²) < 4.78 is 11.0. The lowest BCUT2D eigenvalue weighted by Crippen LogP contribution is -2.42. The molecule has 1 fully saturated rings. The fraction of sp³-hybridized carbons (Fsp3) is 0.235. The number of halogens is 1. The maximum atomic E-state index is 12.4. The van der Waals surface area contributed by atoms with Crippen LogP contribution in [0.4, 0.5) is 4.79 Å². The molecule has 1 saturated heterocycles. The van der Waals surface area contributed by atoms with Gasteiger partial charge >= 0.3 is 5.97 Å². The highest BCUT2D eigenvalue weighted by atomic mass is 127. The molecule has 1 atom stereocenters. The first-order valence-electron chi connectivity index (χ1n) is 7.27. The average molecular weight is 473 g/mol. The monoisotopic (exact) mass is 473 g/mol. The summed E-state index contributed by atoms with van der Waals surface area (Å²) in [4.78, 5) is 37.3. The third-order valence-electron chi connectivity index (χ3n) is 3.36. The summed E-state index contributed by atoms with van der Waals surface area (Å²) in [5, 5.41) is -0.491. The van der Waals surface area contributed by atoms with E-state index in [0.717, 1.165) is 25.8 Å². The van der Waals surface area contributed by atoms with Gasteiger partial charge in [0.2, 0.25) is 0 Å². The highest BCUT2D eigenvalue weighted by Gasteiger charge is 2.41. The lowest BCUT2D eigenvalue weighted by atomic mass is 10.2. The third-order valence-corrected chi connectivity index (χ3v) is 5.09. The molecular weight excluding hydrogens is 457 g/mol. The SMILES string of the molecule is C=CCOc1ccc(/C=C2/SC(=O)N([C@@H](C)C(=O)OC)C2=O)cc1I. The Kier molecular flexibility index (Phi) is 6.65. The van der Waals surface area contributed by atoms with Crippen molar-refractivity contribution in [3.63, 3.8) is 0 Å². The summed E-state index contributed by atoms with van der Waals surface area (Å²) in [5.74, 6) is -0.429. The van der Waals surface area contributed by atoms with Crippen LogP contribution in [-0.4, -0.2) is 41.8 Å². The normalized spacial score (nSPS) is 16.9. The van der Waals surface area contributed by atoms with Crippen molar-refractivity contribution in [3.8, 4) is 5.75 Å². The number of imide groups is 1. The molecule has 0 radical (unpaired) electrons. The molecule has 132 valence electrons. The molecule has 0 unspecified atom stereocenters. The zero-order valence-corrected chi connectivity index (χ0v) is 16.6. The Balaban J connectivity index is 2.23. The number of hydrogen-bond acceptors (Lipinski definition) is 6. The van der Waals surface area contributed by atoms with Gasteiger partial charge in [0.15, 0.2) is 0 Å². The predicted molar refractivity (Wildman–Crippen MR) is 104 cm³/mol. The summed E-state index contributed by atoms with van der Waals surface area (Å²) in [7, 11) is 1.21. The Morgan fingerprint density at radius 1 is 1.44 bits per heavy atom. The Morgan fingerprint density at radius 2 is 2.16 bits per heavy atom. The van der Waals surface area contributed by atoms with Gasteiger partial charge in [0, 0.05) is 0 Å². The van der Waals surface area contributed by atoms with E-state index in [1.807, 2.05) is 6.07 Å². The molecule has 0 bridgehead atoms. The van der Waals surface area contributed by atoms with Gasteiger partial charge in [0.25, 0.3) is 11.1 Å². The zero-order valence-electron chi connectivity index (χ0n) is 13.7. The number of benzene rings is 1. The minimum atomic E-state index is -0.960. The van der Waals surface area contributed by atoms with Crippen LogP contribution in [0.1, 0.15) is 12.5 Å². The van der Waals surface area contributed by atoms with Crippen LogP contribution in [0.2, 0.25) is 0 Å². The number of rotatable bonds is 6. The van der Waals surface area contributed by atoms with E-state index < -0.39 is 23.2 Å². The van der Waals surface area contributed by atoms with Crippen molar-refractivity contribution in [2.24, 2.45) is 0 Å². The summed E-state index contributed by atoms with van der Waals surface area (Å²) in [6.07, 6.45) is 3.27. The Bertz CT molecular complexity index is 761. The van der Waals surface area contributed by atoms with E-state index in [9.17, 15) is 14.4 Å². The zero-order chi connectivity index (χ0) is 18.6. The molecule has 0 saturated carbocycles. The second-order valence-electron chi connectivity index (χ2n) is 5.04. The highest BCUT2D eigenvalue weighted by molar-refractivity contribution is 14.1. The standard InChI is InChI=1S/C17H16INO5S/c1-4-7-24-13-6-5-11(8-12(13)18)9-14-15(20)19(17(22)25-14)10(2)16(21)23-3/h4-6,8-10H,1,7H2,2-3H3/b14-9+/t10-/m0/s1. The summed E-state index contributed by atoms with van der Waals surface area (Å²) >= 11 is 2.93. The van der Waals surface area contributed by atoms with Gasteiger partial charge in [-0.05, 0) is 65.0 Å². The number of esters is 1. The van der Waals surface area contributed by atoms with Gasteiger partial charge in [0.1, 0.15) is 18.4 Å². The molecule has 2 amide bonds. The van der Waals surface area contributed by atoms with E-state index in [-0.39, 0.29) is 4.91 Å². The summed E-state index contributed by atoms with van der Waals surface area (Å²) in [5.41, 5.74) is 0.756. The number of ether oxygens (including phenoxy) is 2. The smallest absolute Gasteiger partial charge is 0.328 e. The highest BCUT2D eigenvalue weighted by Crippen LogP contribution is 2.34. The topological polar surface area (TPSA) is 72.9 Å². The maximum Gasteiger partial charge on any atom is 0.328 e. The molecule has 0 N–H and O–H groups in total. The first kappa shape index (κ1) is 19.5. The van der Waals surface area contributed by atoms with Crippen LogP contribution in [0.15, 0.2) is 35.8 Å². The maximum absolute atomic E-state index is 12.4. The molecule has 1 aromatic carbocycles. The van der Waals surface area contributed by atoms with E-state index in [1.54, 1.807) is 24.3 Å². The van der Waals surface area contributed by atoms with Crippen molar-refractivity contribution in [1.29, 1.82) is 0 Å². The molecule has 2 rings (SSSR count). The van der Waals surface area contributed by atoms with Gasteiger partial charge in [-0.25, -0.2) is 4.79 Å². The predicted octanol–water partition coefficient (Wildman–Crippen LogP) is 3.45. The van der Waals surface area contributed by atoms with E-state index >= 15 is 0 Å². The molecule has 0 spiro atoms. The summed E-state index contributed by atoms with van der Waals surface area (Å²) in [6, 6.07) is 4.46.